The Morgan fingerprint density at radius 2 is 1.72 bits per heavy atom. The third-order valence-electron chi connectivity index (χ3n) is 2.59. The largest absolute Gasteiger partial charge is 0.399 e. The Morgan fingerprint density at radius 3 is 2.33 bits per heavy atom. The average molecular weight is 304 g/mol. The molecule has 0 fully saturated rings. The molecule has 0 aliphatic heterocycles. The fourth-order valence-corrected chi connectivity index (χ4v) is 1.99. The van der Waals surface area contributed by atoms with Gasteiger partial charge in [0.25, 0.3) is 0 Å². The van der Waals surface area contributed by atoms with Crippen LogP contribution in [-0.2, 0) is 11.3 Å². The summed E-state index contributed by atoms with van der Waals surface area (Å²) < 4.78 is 1.08. The van der Waals surface area contributed by atoms with Gasteiger partial charge in [-0.25, -0.2) is 0 Å². The Balaban J connectivity index is 2.22. The van der Waals surface area contributed by atoms with Crippen molar-refractivity contribution >= 4 is 21.6 Å². The Kier molecular flexibility index (Phi) is 4.53. The highest BCUT2D eigenvalue weighted by Gasteiger charge is 2.05. The second-order valence-electron chi connectivity index (χ2n) is 3.89. The zero-order valence-electron chi connectivity index (χ0n) is 10.1. The number of nitrogens with zero attached hydrogens (tertiary/aromatic N) is 1. The summed E-state index contributed by atoms with van der Waals surface area (Å²) in [6.45, 7) is 0. The van der Waals surface area contributed by atoms with Crippen LogP contribution in [0.2, 0.25) is 0 Å². The first-order valence-electron chi connectivity index (χ1n) is 5.69. The number of benzene rings is 2. The molecule has 2 nitrogen and oxygen atoms in total. The van der Waals surface area contributed by atoms with Gasteiger partial charge in [-0.2, -0.15) is 0 Å². The minimum absolute atomic E-state index is 0.755. The molecule has 0 radical (unpaired) electrons. The molecule has 0 bridgehead atoms. The summed E-state index contributed by atoms with van der Waals surface area (Å²) in [7, 11) is 1.57. The lowest BCUT2D eigenvalue weighted by atomic mass is 10.0. The third-order valence-corrected chi connectivity index (χ3v) is 3.12. The van der Waals surface area contributed by atoms with E-state index in [4.69, 9.17) is 4.84 Å². The van der Waals surface area contributed by atoms with Gasteiger partial charge in [0.2, 0.25) is 0 Å². The molecule has 0 atom stereocenters. The van der Waals surface area contributed by atoms with Crippen LogP contribution in [0.3, 0.4) is 0 Å². The maximum atomic E-state index is 4.93. The van der Waals surface area contributed by atoms with Gasteiger partial charge in [0.15, 0.2) is 0 Å². The van der Waals surface area contributed by atoms with E-state index in [2.05, 4.69) is 33.2 Å². The van der Waals surface area contributed by atoms with Crippen LogP contribution in [0.1, 0.15) is 11.1 Å². The molecule has 0 aromatic heterocycles. The van der Waals surface area contributed by atoms with Gasteiger partial charge in [0, 0.05) is 10.9 Å². The van der Waals surface area contributed by atoms with Gasteiger partial charge in [-0.3, -0.25) is 0 Å². The molecule has 3 heteroatoms. The summed E-state index contributed by atoms with van der Waals surface area (Å²) in [5.41, 5.74) is 3.22. The van der Waals surface area contributed by atoms with E-state index in [1.807, 2.05) is 42.5 Å². The highest BCUT2D eigenvalue weighted by atomic mass is 79.9. The molecular weight excluding hydrogens is 290 g/mol. The van der Waals surface area contributed by atoms with Gasteiger partial charge in [-0.1, -0.05) is 63.6 Å². The zero-order valence-corrected chi connectivity index (χ0v) is 11.7. The van der Waals surface area contributed by atoms with Crippen LogP contribution in [0.15, 0.2) is 64.2 Å². The van der Waals surface area contributed by atoms with Gasteiger partial charge in [-0.05, 0) is 23.3 Å². The molecule has 0 amide bonds. The molecule has 0 heterocycles. The van der Waals surface area contributed by atoms with Gasteiger partial charge in [0.05, 0.1) is 5.71 Å². The van der Waals surface area contributed by atoms with Crippen LogP contribution in [0.4, 0.5) is 0 Å². The van der Waals surface area contributed by atoms with Gasteiger partial charge >= 0.3 is 0 Å². The molecule has 0 saturated carbocycles. The molecule has 92 valence electrons. The van der Waals surface area contributed by atoms with Crippen molar-refractivity contribution in [2.24, 2.45) is 5.16 Å². The summed E-state index contributed by atoms with van der Waals surface area (Å²) in [5, 5.41) is 4.12. The van der Waals surface area contributed by atoms with Crippen LogP contribution in [0, 0.1) is 0 Å². The molecule has 2 rings (SSSR count). The average Bonchev–Trinajstić information content (AvgIpc) is 2.42. The fourth-order valence-electron chi connectivity index (χ4n) is 1.72. The van der Waals surface area contributed by atoms with E-state index in [-0.39, 0.29) is 0 Å². The van der Waals surface area contributed by atoms with Crippen LogP contribution in [0.5, 0.6) is 0 Å². The summed E-state index contributed by atoms with van der Waals surface area (Å²) in [4.78, 5) is 4.93. The lowest BCUT2D eigenvalue weighted by molar-refractivity contribution is 0.213. The number of hydrogen-bond donors (Lipinski definition) is 0. The van der Waals surface area contributed by atoms with Crippen molar-refractivity contribution in [3.8, 4) is 0 Å². The monoisotopic (exact) mass is 303 g/mol. The molecule has 0 spiro atoms. The third kappa shape index (κ3) is 3.44. The van der Waals surface area contributed by atoms with E-state index in [9.17, 15) is 0 Å². The molecule has 18 heavy (non-hydrogen) atoms. The summed E-state index contributed by atoms with van der Waals surface area (Å²) in [5.74, 6) is 0. The SMILES string of the molecule is CON=C(Cc1ccc(Br)cc1)c1ccccc1. The van der Waals surface area contributed by atoms with Crippen molar-refractivity contribution in [2.45, 2.75) is 6.42 Å². The van der Waals surface area contributed by atoms with Gasteiger partial charge in [0.1, 0.15) is 7.11 Å². The molecule has 0 N–H and O–H groups in total. The molecule has 0 saturated heterocycles. The van der Waals surface area contributed by atoms with Crippen LogP contribution >= 0.6 is 15.9 Å². The summed E-state index contributed by atoms with van der Waals surface area (Å²) >= 11 is 3.43. The van der Waals surface area contributed by atoms with Crippen molar-refractivity contribution in [3.05, 3.63) is 70.2 Å². The predicted octanol–water partition coefficient (Wildman–Crippen LogP) is 4.04. The topological polar surface area (TPSA) is 21.6 Å². The van der Waals surface area contributed by atoms with Crippen LogP contribution < -0.4 is 0 Å². The normalized spacial score (nSPS) is 11.3. The lowest BCUT2D eigenvalue weighted by Crippen LogP contribution is -2.05. The quantitative estimate of drug-likeness (QED) is 0.617. The Labute approximate surface area is 115 Å². The maximum absolute atomic E-state index is 4.93. The van der Waals surface area contributed by atoms with Crippen molar-refractivity contribution in [2.75, 3.05) is 7.11 Å². The standard InChI is InChI=1S/C15H14BrNO/c1-18-17-15(13-5-3-2-4-6-13)11-12-7-9-14(16)10-8-12/h2-10H,11H2,1H3. The lowest BCUT2D eigenvalue weighted by Gasteiger charge is -2.06. The molecule has 2 aromatic carbocycles. The highest BCUT2D eigenvalue weighted by Crippen LogP contribution is 2.13. The van der Waals surface area contributed by atoms with E-state index >= 15 is 0 Å². The van der Waals surface area contributed by atoms with Crippen molar-refractivity contribution in [1.29, 1.82) is 0 Å². The van der Waals surface area contributed by atoms with Crippen molar-refractivity contribution < 1.29 is 4.84 Å². The van der Waals surface area contributed by atoms with E-state index in [0.29, 0.717) is 0 Å². The second-order valence-corrected chi connectivity index (χ2v) is 4.81. The van der Waals surface area contributed by atoms with Gasteiger partial charge in [-0.15, -0.1) is 0 Å². The highest BCUT2D eigenvalue weighted by molar-refractivity contribution is 9.10. The van der Waals surface area contributed by atoms with Gasteiger partial charge < -0.3 is 4.84 Å². The maximum Gasteiger partial charge on any atom is 0.106 e. The van der Waals surface area contributed by atoms with Crippen LogP contribution in [-0.4, -0.2) is 12.8 Å². The number of halogens is 1. The molecular formula is C15H14BrNO. The zero-order chi connectivity index (χ0) is 12.8. The first-order valence-corrected chi connectivity index (χ1v) is 6.49. The minimum Gasteiger partial charge on any atom is -0.399 e. The van der Waals surface area contributed by atoms with Crippen LogP contribution in [0.25, 0.3) is 0 Å². The molecule has 0 aliphatic carbocycles. The summed E-state index contributed by atoms with van der Waals surface area (Å²) in [6, 6.07) is 18.3. The van der Waals surface area contributed by atoms with E-state index in [1.54, 1.807) is 7.11 Å². The Bertz CT molecular complexity index is 520. The second kappa shape index (κ2) is 6.36. The first-order chi connectivity index (χ1) is 8.79. The number of oxime groups is 1. The number of hydrogen-bond acceptors (Lipinski definition) is 2. The van der Waals surface area contributed by atoms with E-state index < -0.39 is 0 Å². The number of rotatable bonds is 4. The minimum atomic E-state index is 0.755. The molecule has 2 aromatic rings. The van der Waals surface area contributed by atoms with Crippen molar-refractivity contribution in [3.63, 3.8) is 0 Å². The van der Waals surface area contributed by atoms with E-state index in [0.717, 1.165) is 22.2 Å². The molecule has 0 aliphatic rings. The summed E-state index contributed by atoms with van der Waals surface area (Å²) in [6.07, 6.45) is 0.755. The Morgan fingerprint density at radius 1 is 1.06 bits per heavy atom. The van der Waals surface area contributed by atoms with E-state index in [1.165, 1.54) is 5.56 Å². The Hall–Kier alpha value is -1.61. The fraction of sp³-hybridized carbons (Fsp3) is 0.133. The van der Waals surface area contributed by atoms with Crippen molar-refractivity contribution in [1.82, 2.24) is 0 Å². The smallest absolute Gasteiger partial charge is 0.106 e. The molecule has 0 unspecified atom stereocenters. The predicted molar refractivity (Wildman–Crippen MR) is 77.8 cm³/mol. The first kappa shape index (κ1) is 12.8.